The second-order valence-electron chi connectivity index (χ2n) is 6.59. The fourth-order valence-electron chi connectivity index (χ4n) is 3.28. The van der Waals surface area contributed by atoms with Crippen LogP contribution in [0.2, 0.25) is 0 Å². The second-order valence-corrected chi connectivity index (χ2v) is 6.59. The van der Waals surface area contributed by atoms with Crippen LogP contribution in [0.3, 0.4) is 0 Å². The van der Waals surface area contributed by atoms with Gasteiger partial charge in [-0.3, -0.25) is 4.99 Å². The van der Waals surface area contributed by atoms with E-state index in [1.54, 1.807) is 30.7 Å². The number of hydrogen-bond acceptors (Lipinski definition) is 4. The highest BCUT2D eigenvalue weighted by molar-refractivity contribution is 6.01. The van der Waals surface area contributed by atoms with Crippen molar-refractivity contribution in [2.75, 3.05) is 0 Å². The van der Waals surface area contributed by atoms with Crippen molar-refractivity contribution >= 4 is 12.1 Å². The Morgan fingerprint density at radius 1 is 1.04 bits per heavy atom. The molecular formula is C22H16FN4O+. The Morgan fingerprint density at radius 2 is 1.86 bits per heavy atom. The van der Waals surface area contributed by atoms with E-state index in [4.69, 9.17) is 15.6 Å². The van der Waals surface area contributed by atoms with E-state index in [-0.39, 0.29) is 10.4 Å². The fraction of sp³-hybridized carbons (Fsp3) is 0. The number of amidine groups is 1. The number of ether oxygens (including phenoxy) is 1. The zero-order valence-corrected chi connectivity index (χ0v) is 14.8. The van der Waals surface area contributed by atoms with Crippen LogP contribution in [0.1, 0.15) is 5.56 Å². The van der Waals surface area contributed by atoms with Crippen LogP contribution in [0.25, 0.3) is 0 Å². The van der Waals surface area contributed by atoms with Gasteiger partial charge in [0, 0.05) is 11.6 Å². The number of halogens is 1. The number of allylic oxidation sites excluding steroid dienone is 4. The van der Waals surface area contributed by atoms with Crippen LogP contribution in [0.5, 0.6) is 11.5 Å². The minimum atomic E-state index is -0.340. The number of aliphatic imine (C=N–C) groups is 2. The molecule has 0 saturated heterocycles. The Kier molecular flexibility index (Phi) is 3.68. The van der Waals surface area contributed by atoms with Crippen LogP contribution in [0.15, 0.2) is 106 Å². The quantitative estimate of drug-likeness (QED) is 0.642. The van der Waals surface area contributed by atoms with E-state index in [0.29, 0.717) is 17.3 Å². The SMILES string of the molecule is N[N+]12C=CN=CC1=C(C1=CC=C1)N=C2c1ccc(Oc2cccc(F)c2)cc1. The largest absolute Gasteiger partial charge is 0.457 e. The molecule has 0 aromatic heterocycles. The van der Waals surface area contributed by atoms with Gasteiger partial charge in [0.15, 0.2) is 0 Å². The van der Waals surface area contributed by atoms with Crippen molar-refractivity contribution in [3.63, 3.8) is 0 Å². The molecule has 0 radical (unpaired) electrons. The van der Waals surface area contributed by atoms with Gasteiger partial charge in [0.1, 0.15) is 29.2 Å². The van der Waals surface area contributed by atoms with E-state index in [0.717, 1.165) is 22.5 Å². The number of quaternary nitrogens is 1. The van der Waals surface area contributed by atoms with Crippen molar-refractivity contribution in [1.29, 1.82) is 0 Å². The van der Waals surface area contributed by atoms with Crippen molar-refractivity contribution in [2.45, 2.75) is 0 Å². The normalized spacial score (nSPS) is 21.9. The molecule has 5 rings (SSSR count). The first-order valence-corrected chi connectivity index (χ1v) is 8.78. The molecule has 28 heavy (non-hydrogen) atoms. The third kappa shape index (κ3) is 2.63. The molecule has 1 unspecified atom stereocenters. The predicted octanol–water partition coefficient (Wildman–Crippen LogP) is 4.33. The van der Waals surface area contributed by atoms with Gasteiger partial charge in [-0.15, -0.1) is 4.59 Å². The molecule has 2 heterocycles. The Balaban J connectivity index is 1.46. The van der Waals surface area contributed by atoms with E-state index in [2.05, 4.69) is 4.99 Å². The molecule has 2 aromatic carbocycles. The summed E-state index contributed by atoms with van der Waals surface area (Å²) >= 11 is 0. The number of hydrogen-bond donors (Lipinski definition) is 1. The maximum absolute atomic E-state index is 13.3. The minimum absolute atomic E-state index is 0.0336. The summed E-state index contributed by atoms with van der Waals surface area (Å²) in [5.41, 5.74) is 3.55. The zero-order valence-electron chi connectivity index (χ0n) is 14.8. The molecule has 1 aliphatic carbocycles. The summed E-state index contributed by atoms with van der Waals surface area (Å²) in [6, 6.07) is 13.5. The summed E-state index contributed by atoms with van der Waals surface area (Å²) in [5.74, 6) is 8.08. The number of fused-ring (bicyclic) bond motifs is 1. The van der Waals surface area contributed by atoms with Crippen LogP contribution in [-0.2, 0) is 0 Å². The van der Waals surface area contributed by atoms with Gasteiger partial charge in [0.2, 0.25) is 5.70 Å². The Labute approximate surface area is 161 Å². The number of nitrogens with zero attached hydrogens (tertiary/aromatic N) is 3. The molecule has 2 aliphatic heterocycles. The first kappa shape index (κ1) is 16.6. The molecule has 136 valence electrons. The van der Waals surface area contributed by atoms with E-state index in [1.807, 2.05) is 42.5 Å². The maximum Gasteiger partial charge on any atom is 0.265 e. The highest BCUT2D eigenvalue weighted by Crippen LogP contribution is 2.36. The van der Waals surface area contributed by atoms with Gasteiger partial charge < -0.3 is 4.74 Å². The number of benzene rings is 2. The highest BCUT2D eigenvalue weighted by atomic mass is 19.1. The zero-order chi connectivity index (χ0) is 19.1. The molecule has 2 N–H and O–H groups in total. The van der Waals surface area contributed by atoms with E-state index in [9.17, 15) is 4.39 Å². The molecular weight excluding hydrogens is 355 g/mol. The average Bonchev–Trinajstić information content (AvgIpc) is 2.94. The standard InChI is InChI=1S/C22H16FN4O/c23-17-5-2-6-19(13-17)28-18-9-7-16(8-10-18)22-26-21(15-3-1-4-15)20-14-25-11-12-27(20,22)24/h1-14H,24H2/q+1. The summed E-state index contributed by atoms with van der Waals surface area (Å²) in [6.45, 7) is 0. The summed E-state index contributed by atoms with van der Waals surface area (Å²) in [4.78, 5) is 9.03. The fourth-order valence-corrected chi connectivity index (χ4v) is 3.28. The summed E-state index contributed by atoms with van der Waals surface area (Å²) < 4.78 is 19.0. The molecule has 5 nitrogen and oxygen atoms in total. The monoisotopic (exact) mass is 371 g/mol. The Morgan fingerprint density at radius 3 is 2.57 bits per heavy atom. The molecule has 2 aromatic rings. The van der Waals surface area contributed by atoms with E-state index < -0.39 is 0 Å². The van der Waals surface area contributed by atoms with Gasteiger partial charge in [-0.05, 0) is 36.4 Å². The lowest BCUT2D eigenvalue weighted by molar-refractivity contribution is -0.750. The summed E-state index contributed by atoms with van der Waals surface area (Å²) in [7, 11) is 0. The molecule has 3 aliphatic rings. The van der Waals surface area contributed by atoms with Gasteiger partial charge >= 0.3 is 0 Å². The van der Waals surface area contributed by atoms with Crippen molar-refractivity contribution in [3.05, 3.63) is 108 Å². The lowest BCUT2D eigenvalue weighted by Gasteiger charge is -2.26. The topological polar surface area (TPSA) is 60.0 Å². The first-order valence-electron chi connectivity index (χ1n) is 8.78. The van der Waals surface area contributed by atoms with Gasteiger partial charge in [-0.2, -0.15) is 10.8 Å². The van der Waals surface area contributed by atoms with Crippen molar-refractivity contribution in [2.24, 2.45) is 15.8 Å². The molecule has 0 bridgehead atoms. The van der Waals surface area contributed by atoms with Crippen LogP contribution >= 0.6 is 0 Å². The highest BCUT2D eigenvalue weighted by Gasteiger charge is 2.44. The molecule has 0 spiro atoms. The van der Waals surface area contributed by atoms with E-state index >= 15 is 0 Å². The molecule has 0 saturated carbocycles. The van der Waals surface area contributed by atoms with Crippen molar-refractivity contribution in [1.82, 2.24) is 0 Å². The van der Waals surface area contributed by atoms with Crippen LogP contribution in [0.4, 0.5) is 4.39 Å². The first-order chi connectivity index (χ1) is 13.6. The maximum atomic E-state index is 13.3. The number of rotatable bonds is 4. The number of nitrogens with two attached hydrogens (primary N) is 1. The van der Waals surface area contributed by atoms with Gasteiger partial charge in [-0.1, -0.05) is 24.3 Å². The summed E-state index contributed by atoms with van der Waals surface area (Å²) in [5, 5.41) is 0. The predicted molar refractivity (Wildman–Crippen MR) is 106 cm³/mol. The lowest BCUT2D eigenvalue weighted by atomic mass is 10.0. The smallest absolute Gasteiger partial charge is 0.265 e. The van der Waals surface area contributed by atoms with Gasteiger partial charge in [-0.25, -0.2) is 4.39 Å². The summed E-state index contributed by atoms with van der Waals surface area (Å²) in [6.07, 6.45) is 11.2. The van der Waals surface area contributed by atoms with Crippen LogP contribution in [-0.4, -0.2) is 16.6 Å². The Bertz CT molecular complexity index is 1160. The van der Waals surface area contributed by atoms with Crippen molar-refractivity contribution < 1.29 is 13.7 Å². The molecule has 1 atom stereocenters. The van der Waals surface area contributed by atoms with Gasteiger partial charge in [0.25, 0.3) is 5.84 Å². The molecule has 0 amide bonds. The van der Waals surface area contributed by atoms with Crippen molar-refractivity contribution in [3.8, 4) is 11.5 Å². The molecule has 0 fully saturated rings. The lowest BCUT2D eigenvalue weighted by Crippen LogP contribution is -2.53. The van der Waals surface area contributed by atoms with Crippen LogP contribution in [0, 0.1) is 5.82 Å². The van der Waals surface area contributed by atoms with E-state index in [1.165, 1.54) is 12.1 Å². The Hall–Kier alpha value is -3.61. The van der Waals surface area contributed by atoms with Gasteiger partial charge in [0.05, 0.1) is 18.0 Å². The van der Waals surface area contributed by atoms with Crippen LogP contribution < -0.4 is 10.6 Å². The average molecular weight is 371 g/mol. The third-order valence-electron chi connectivity index (χ3n) is 4.76. The molecule has 6 heteroatoms. The third-order valence-corrected chi connectivity index (χ3v) is 4.76. The minimum Gasteiger partial charge on any atom is -0.457 e. The second kappa shape index (κ2) is 6.23.